The predicted octanol–water partition coefficient (Wildman–Crippen LogP) is 5.98. The van der Waals surface area contributed by atoms with E-state index in [-0.39, 0.29) is 18.3 Å². The Kier molecular flexibility index (Phi) is 7.65. The number of carbonyl (C=O) groups is 2. The summed E-state index contributed by atoms with van der Waals surface area (Å²) in [6.45, 7) is 0.339. The number of anilines is 1. The van der Waals surface area contributed by atoms with Crippen molar-refractivity contribution in [2.45, 2.75) is 13.0 Å². The molecule has 0 atom stereocenters. The summed E-state index contributed by atoms with van der Waals surface area (Å²) in [4.78, 5) is 33.7. The Morgan fingerprint density at radius 3 is 2.42 bits per heavy atom. The molecule has 0 aliphatic rings. The molecular weight excluding hydrogens is 538 g/mol. The zero-order chi connectivity index (χ0) is 29.8. The van der Waals surface area contributed by atoms with Crippen LogP contribution in [-0.4, -0.2) is 33.5 Å². The average molecular weight is 568 g/mol. The first kappa shape index (κ1) is 27.4. The molecule has 0 saturated carbocycles. The van der Waals surface area contributed by atoms with Gasteiger partial charge in [0.25, 0.3) is 5.91 Å². The summed E-state index contributed by atoms with van der Waals surface area (Å²) in [5.41, 5.74) is 14.0. The van der Waals surface area contributed by atoms with Crippen molar-refractivity contribution < 1.29 is 14.3 Å². The highest BCUT2D eigenvalue weighted by Crippen LogP contribution is 2.33. The van der Waals surface area contributed by atoms with E-state index in [1.165, 1.54) is 7.11 Å². The molecule has 8 nitrogen and oxygen atoms in total. The zero-order valence-electron chi connectivity index (χ0n) is 23.5. The number of fused-ring (bicyclic) bond motifs is 1. The molecule has 43 heavy (non-hydrogen) atoms. The number of esters is 1. The lowest BCUT2D eigenvalue weighted by molar-refractivity contribution is -0.139. The molecule has 2 heterocycles. The molecule has 4 aromatic carbocycles. The van der Waals surface area contributed by atoms with Gasteiger partial charge < -0.3 is 15.8 Å². The maximum Gasteiger partial charge on any atom is 0.309 e. The van der Waals surface area contributed by atoms with E-state index < -0.39 is 0 Å². The number of aromatic nitrogens is 3. The first-order valence-corrected chi connectivity index (χ1v) is 13.8. The van der Waals surface area contributed by atoms with Crippen molar-refractivity contribution in [2.24, 2.45) is 0 Å². The summed E-state index contributed by atoms with van der Waals surface area (Å²) in [7, 11) is 1.34. The number of amides is 1. The second-order valence-electron chi connectivity index (χ2n) is 10.1. The minimum atomic E-state index is -0.353. The summed E-state index contributed by atoms with van der Waals surface area (Å²) >= 11 is 0. The van der Waals surface area contributed by atoms with Crippen LogP contribution in [0.15, 0.2) is 115 Å². The van der Waals surface area contributed by atoms with Crippen molar-refractivity contribution >= 4 is 28.7 Å². The van der Waals surface area contributed by atoms with E-state index in [0.29, 0.717) is 23.8 Å². The fourth-order valence-electron chi connectivity index (χ4n) is 5.04. The van der Waals surface area contributed by atoms with Crippen LogP contribution in [0.25, 0.3) is 39.2 Å². The van der Waals surface area contributed by atoms with Crippen molar-refractivity contribution in [1.82, 2.24) is 19.9 Å². The first-order valence-electron chi connectivity index (χ1n) is 13.8. The molecule has 0 aliphatic carbocycles. The van der Waals surface area contributed by atoms with Crippen LogP contribution in [0.5, 0.6) is 0 Å². The van der Waals surface area contributed by atoms with Crippen LogP contribution in [0.3, 0.4) is 0 Å². The Balaban J connectivity index is 1.30. The maximum atomic E-state index is 12.9. The third-order valence-electron chi connectivity index (χ3n) is 7.25. The van der Waals surface area contributed by atoms with Gasteiger partial charge in [-0.05, 0) is 70.8 Å². The zero-order valence-corrected chi connectivity index (χ0v) is 23.5. The molecule has 3 N–H and O–H groups in total. The van der Waals surface area contributed by atoms with Crippen molar-refractivity contribution in [1.29, 1.82) is 0 Å². The minimum absolute atomic E-state index is 0.113. The standard InChI is InChI=1S/C35H29N5O3/c1-43-32(41)20-24-7-5-10-27(19-24)35(42)38-22-23-12-15-28(16-13-23)40-31-21-26(25-8-3-2-4-9-25)14-17-30(31)39-34(40)29-11-6-18-37-33(29)36/h2-19,21H,20,22H2,1H3,(H2,36,37)(H,38,42). The summed E-state index contributed by atoms with van der Waals surface area (Å²) < 4.78 is 6.82. The summed E-state index contributed by atoms with van der Waals surface area (Å²) in [6.07, 6.45) is 1.78. The van der Waals surface area contributed by atoms with Gasteiger partial charge in [-0.1, -0.05) is 60.7 Å². The molecule has 0 saturated heterocycles. The molecule has 1 amide bonds. The molecule has 2 aromatic heterocycles. The van der Waals surface area contributed by atoms with Crippen LogP contribution >= 0.6 is 0 Å². The maximum absolute atomic E-state index is 12.9. The first-order chi connectivity index (χ1) is 21.0. The lowest BCUT2D eigenvalue weighted by Crippen LogP contribution is -2.23. The molecule has 6 rings (SSSR count). The fraction of sp³-hybridized carbons (Fsp3) is 0.0857. The monoisotopic (exact) mass is 567 g/mol. The Labute approximate surface area is 248 Å². The molecule has 0 spiro atoms. The number of ether oxygens (including phenoxy) is 1. The molecule has 8 heteroatoms. The van der Waals surface area contributed by atoms with Crippen LogP contribution in [0.2, 0.25) is 0 Å². The highest BCUT2D eigenvalue weighted by Gasteiger charge is 2.18. The highest BCUT2D eigenvalue weighted by atomic mass is 16.5. The number of hydrogen-bond donors (Lipinski definition) is 2. The van der Waals surface area contributed by atoms with E-state index in [1.807, 2.05) is 60.7 Å². The van der Waals surface area contributed by atoms with Gasteiger partial charge in [0.1, 0.15) is 11.6 Å². The number of pyridine rings is 1. The highest BCUT2D eigenvalue weighted by molar-refractivity contribution is 5.94. The van der Waals surface area contributed by atoms with Crippen LogP contribution in [0.4, 0.5) is 5.82 Å². The van der Waals surface area contributed by atoms with E-state index in [4.69, 9.17) is 15.5 Å². The fourth-order valence-corrected chi connectivity index (χ4v) is 5.04. The van der Waals surface area contributed by atoms with E-state index >= 15 is 0 Å². The number of methoxy groups -OCH3 is 1. The number of rotatable bonds is 8. The molecular formula is C35H29N5O3. The average Bonchev–Trinajstić information content (AvgIpc) is 3.43. The number of benzene rings is 4. The summed E-state index contributed by atoms with van der Waals surface area (Å²) in [5, 5.41) is 2.96. The second-order valence-corrected chi connectivity index (χ2v) is 10.1. The number of hydrogen-bond acceptors (Lipinski definition) is 6. The van der Waals surface area contributed by atoms with Gasteiger partial charge in [-0.15, -0.1) is 0 Å². The van der Waals surface area contributed by atoms with Crippen LogP contribution in [-0.2, 0) is 22.5 Å². The number of imidazole rings is 1. The van der Waals surface area contributed by atoms with Crippen LogP contribution < -0.4 is 11.1 Å². The van der Waals surface area contributed by atoms with Gasteiger partial charge in [-0.3, -0.25) is 14.2 Å². The smallest absolute Gasteiger partial charge is 0.309 e. The minimum Gasteiger partial charge on any atom is -0.469 e. The number of nitrogens with one attached hydrogen (secondary N) is 1. The van der Waals surface area contributed by atoms with Gasteiger partial charge in [0.05, 0.1) is 30.1 Å². The largest absolute Gasteiger partial charge is 0.469 e. The van der Waals surface area contributed by atoms with Crippen molar-refractivity contribution in [2.75, 3.05) is 12.8 Å². The van der Waals surface area contributed by atoms with E-state index in [1.54, 1.807) is 30.5 Å². The normalized spacial score (nSPS) is 10.9. The Morgan fingerprint density at radius 1 is 0.837 bits per heavy atom. The quantitative estimate of drug-likeness (QED) is 0.219. The SMILES string of the molecule is COC(=O)Cc1cccc(C(=O)NCc2ccc(-n3c(-c4cccnc4N)nc4ccc(-c5ccccc5)cc43)cc2)c1. The molecule has 0 fully saturated rings. The van der Waals surface area contributed by atoms with Gasteiger partial charge in [-0.25, -0.2) is 9.97 Å². The third kappa shape index (κ3) is 5.85. The molecule has 0 radical (unpaired) electrons. The molecule has 6 aromatic rings. The third-order valence-corrected chi connectivity index (χ3v) is 7.25. The lowest BCUT2D eigenvalue weighted by atomic mass is 10.1. The molecule has 0 unspecified atom stereocenters. The van der Waals surface area contributed by atoms with Crippen molar-refractivity contribution in [3.05, 3.63) is 132 Å². The molecule has 0 bridgehead atoms. The topological polar surface area (TPSA) is 112 Å². The van der Waals surface area contributed by atoms with Gasteiger partial charge in [0.2, 0.25) is 0 Å². The van der Waals surface area contributed by atoms with Gasteiger partial charge >= 0.3 is 5.97 Å². The molecule has 0 aliphatic heterocycles. The summed E-state index contributed by atoms with van der Waals surface area (Å²) in [6, 6.07) is 35.2. The van der Waals surface area contributed by atoms with E-state index in [9.17, 15) is 9.59 Å². The Bertz CT molecular complexity index is 1930. The lowest BCUT2D eigenvalue weighted by Gasteiger charge is -2.12. The van der Waals surface area contributed by atoms with Gasteiger partial charge in [0, 0.05) is 24.0 Å². The van der Waals surface area contributed by atoms with Crippen molar-refractivity contribution in [3.8, 4) is 28.2 Å². The Hall–Kier alpha value is -5.76. The van der Waals surface area contributed by atoms with Gasteiger partial charge in [-0.2, -0.15) is 0 Å². The number of nitrogens with two attached hydrogens (primary N) is 1. The van der Waals surface area contributed by atoms with Crippen molar-refractivity contribution in [3.63, 3.8) is 0 Å². The van der Waals surface area contributed by atoms with Crippen LogP contribution in [0, 0.1) is 0 Å². The van der Waals surface area contributed by atoms with Gasteiger partial charge in [0.15, 0.2) is 0 Å². The number of nitrogens with zero attached hydrogens (tertiary/aromatic N) is 3. The Morgan fingerprint density at radius 2 is 1.65 bits per heavy atom. The predicted molar refractivity (Wildman–Crippen MR) is 167 cm³/mol. The number of carbonyl (C=O) groups excluding carboxylic acids is 2. The summed E-state index contributed by atoms with van der Waals surface area (Å²) in [5.74, 6) is 0.518. The van der Waals surface area contributed by atoms with E-state index in [0.717, 1.165) is 44.5 Å². The molecule has 212 valence electrons. The number of nitrogen functional groups attached to an aromatic ring is 1. The van der Waals surface area contributed by atoms with E-state index in [2.05, 4.69) is 39.1 Å². The second kappa shape index (κ2) is 12.0. The van der Waals surface area contributed by atoms with Crippen LogP contribution in [0.1, 0.15) is 21.5 Å².